The topological polar surface area (TPSA) is 37.4 Å². The molecule has 2 amide bonds. The monoisotopic (exact) mass is 317 g/mol. The summed E-state index contributed by atoms with van der Waals surface area (Å²) in [6, 6.07) is 17.0. The van der Waals surface area contributed by atoms with E-state index in [1.165, 1.54) is 9.36 Å². The van der Waals surface area contributed by atoms with Crippen molar-refractivity contribution in [1.82, 2.24) is 4.90 Å². The van der Waals surface area contributed by atoms with Crippen molar-refractivity contribution < 1.29 is 9.59 Å². The van der Waals surface area contributed by atoms with Gasteiger partial charge in [0.05, 0.1) is 0 Å². The number of carbonyl (C=O) groups excluding carboxylic acids is 2. The molecule has 2 aromatic rings. The van der Waals surface area contributed by atoms with Gasteiger partial charge in [0.25, 0.3) is 0 Å². The van der Waals surface area contributed by atoms with Crippen molar-refractivity contribution in [3.8, 4) is 0 Å². The summed E-state index contributed by atoms with van der Waals surface area (Å²) in [5, 5.41) is 0. The summed E-state index contributed by atoms with van der Waals surface area (Å²) in [7, 11) is 0. The number of amides is 2. The van der Waals surface area contributed by atoms with Gasteiger partial charge in [-0.25, -0.2) is 0 Å². The zero-order valence-corrected chi connectivity index (χ0v) is 11.8. The average molecular weight is 316 g/mol. The summed E-state index contributed by atoms with van der Waals surface area (Å²) < 4.78 is 1.19. The van der Waals surface area contributed by atoms with Crippen molar-refractivity contribution in [2.24, 2.45) is 0 Å². The van der Waals surface area contributed by atoms with E-state index in [2.05, 4.69) is 0 Å². The van der Waals surface area contributed by atoms with Crippen molar-refractivity contribution in [3.63, 3.8) is 0 Å². The summed E-state index contributed by atoms with van der Waals surface area (Å²) in [6.07, 6.45) is 0. The summed E-state index contributed by atoms with van der Waals surface area (Å²) in [4.78, 5) is 25.6. The van der Waals surface area contributed by atoms with Crippen LogP contribution in [0, 0.1) is 0 Å². The molecule has 0 saturated heterocycles. The number of benzene rings is 2. The Morgan fingerprint density at radius 2 is 1.32 bits per heavy atom. The number of nitrogens with zero attached hydrogens (tertiary/aromatic N) is 1. The molecule has 94 valence electrons. The molecule has 0 radical (unpaired) electrons. The van der Waals surface area contributed by atoms with Crippen LogP contribution in [0.1, 0.15) is 20.7 Å². The van der Waals surface area contributed by atoms with E-state index in [0.29, 0.717) is 16.6 Å². The van der Waals surface area contributed by atoms with E-state index in [1.54, 1.807) is 24.3 Å². The van der Waals surface area contributed by atoms with E-state index in [0.717, 1.165) is 0 Å². The van der Waals surface area contributed by atoms with Crippen LogP contribution in [-0.4, -0.2) is 37.1 Å². The Labute approximate surface area is 117 Å². The zero-order valence-electron chi connectivity index (χ0n) is 10.1. The number of fused-ring (bicyclic) bond motifs is 1. The molecule has 3 nitrogen and oxygen atoms in total. The summed E-state index contributed by atoms with van der Waals surface area (Å²) >= 11 is 0.0919. The molecule has 0 unspecified atom stereocenters. The van der Waals surface area contributed by atoms with Gasteiger partial charge in [-0.1, -0.05) is 0 Å². The fourth-order valence-electron chi connectivity index (χ4n) is 2.01. The van der Waals surface area contributed by atoms with Gasteiger partial charge in [0.15, 0.2) is 0 Å². The molecule has 0 N–H and O–H groups in total. The predicted molar refractivity (Wildman–Crippen MR) is 73.6 cm³/mol. The van der Waals surface area contributed by atoms with E-state index < -0.39 is 0 Å². The van der Waals surface area contributed by atoms with Crippen molar-refractivity contribution in [2.75, 3.05) is 5.44 Å². The van der Waals surface area contributed by atoms with Crippen LogP contribution in [0.15, 0.2) is 54.6 Å². The molecule has 1 aliphatic rings. The zero-order chi connectivity index (χ0) is 13.2. The maximum atomic E-state index is 12.1. The summed E-state index contributed by atoms with van der Waals surface area (Å²) in [5.74, 6) is -0.336. The van der Waals surface area contributed by atoms with Crippen molar-refractivity contribution in [1.29, 1.82) is 0 Å². The van der Waals surface area contributed by atoms with Gasteiger partial charge in [-0.05, 0) is 0 Å². The van der Waals surface area contributed by atoms with Gasteiger partial charge >= 0.3 is 117 Å². The van der Waals surface area contributed by atoms with Gasteiger partial charge in [-0.3, -0.25) is 0 Å². The second-order valence-electron chi connectivity index (χ2n) is 4.17. The van der Waals surface area contributed by atoms with Gasteiger partial charge in [-0.2, -0.15) is 0 Å². The van der Waals surface area contributed by atoms with Crippen LogP contribution in [0.2, 0.25) is 0 Å². The van der Waals surface area contributed by atoms with Gasteiger partial charge in [0, 0.05) is 0 Å². The first-order valence-corrected chi connectivity index (χ1v) is 7.97. The molecule has 0 atom stereocenters. The standard InChI is InChI=1S/C15H11NO2Se/c17-14-12-8-4-5-9-13(12)15(18)16(14)10-19-11-6-2-1-3-7-11/h1-9H,10H2. The van der Waals surface area contributed by atoms with E-state index >= 15 is 0 Å². The van der Waals surface area contributed by atoms with Crippen LogP contribution >= 0.6 is 0 Å². The minimum atomic E-state index is -0.168. The first kappa shape index (κ1) is 12.1. The SMILES string of the molecule is O=C1c2ccccc2C(=O)N1C[Se]c1ccccc1. The number of hydrogen-bond donors (Lipinski definition) is 0. The first-order valence-electron chi connectivity index (χ1n) is 5.90. The Bertz CT molecular complexity index is 605. The third kappa shape index (κ3) is 2.20. The van der Waals surface area contributed by atoms with E-state index in [4.69, 9.17) is 0 Å². The molecule has 0 bridgehead atoms. The average Bonchev–Trinajstić information content (AvgIpc) is 2.71. The molecular formula is C15H11NO2Se. The van der Waals surface area contributed by atoms with Gasteiger partial charge in [0.1, 0.15) is 0 Å². The molecular weight excluding hydrogens is 305 g/mol. The normalized spacial score (nSPS) is 13.8. The Morgan fingerprint density at radius 1 is 0.789 bits per heavy atom. The maximum absolute atomic E-state index is 12.1. The van der Waals surface area contributed by atoms with E-state index in [9.17, 15) is 9.59 Å². The van der Waals surface area contributed by atoms with Crippen LogP contribution in [0.3, 0.4) is 0 Å². The van der Waals surface area contributed by atoms with Crippen molar-refractivity contribution in [2.45, 2.75) is 0 Å². The Kier molecular flexibility index (Phi) is 3.20. The van der Waals surface area contributed by atoms with Gasteiger partial charge < -0.3 is 0 Å². The van der Waals surface area contributed by atoms with Crippen LogP contribution in [0.5, 0.6) is 0 Å². The molecule has 0 spiro atoms. The van der Waals surface area contributed by atoms with Crippen molar-refractivity contribution >= 4 is 31.2 Å². The molecule has 4 heteroatoms. The van der Waals surface area contributed by atoms with Crippen LogP contribution in [0.4, 0.5) is 0 Å². The molecule has 1 aliphatic heterocycles. The predicted octanol–water partition coefficient (Wildman–Crippen LogP) is 1.27. The molecule has 19 heavy (non-hydrogen) atoms. The molecule has 2 aromatic carbocycles. The Hall–Kier alpha value is -1.90. The molecule has 0 aliphatic carbocycles. The minimum absolute atomic E-state index is 0.0919. The molecule has 0 fully saturated rings. The second-order valence-corrected chi connectivity index (χ2v) is 6.31. The molecule has 1 heterocycles. The van der Waals surface area contributed by atoms with Crippen molar-refractivity contribution in [3.05, 3.63) is 65.7 Å². The number of carbonyl (C=O) groups is 2. The quantitative estimate of drug-likeness (QED) is 0.632. The summed E-state index contributed by atoms with van der Waals surface area (Å²) in [5.41, 5.74) is 1.54. The number of hydrogen-bond acceptors (Lipinski definition) is 2. The Balaban J connectivity index is 1.78. The summed E-state index contributed by atoms with van der Waals surface area (Å²) in [6.45, 7) is 0. The third-order valence-corrected chi connectivity index (χ3v) is 5.06. The Morgan fingerprint density at radius 3 is 1.89 bits per heavy atom. The fourth-order valence-corrected chi connectivity index (χ4v) is 3.82. The van der Waals surface area contributed by atoms with Gasteiger partial charge in [-0.15, -0.1) is 0 Å². The number of rotatable bonds is 3. The fraction of sp³-hybridized carbons (Fsp3) is 0.0667. The second kappa shape index (κ2) is 5.00. The molecule has 0 aromatic heterocycles. The van der Waals surface area contributed by atoms with E-state index in [-0.39, 0.29) is 26.8 Å². The van der Waals surface area contributed by atoms with E-state index in [1.807, 2.05) is 30.3 Å². The molecule has 3 rings (SSSR count). The van der Waals surface area contributed by atoms with Crippen LogP contribution in [0.25, 0.3) is 0 Å². The number of imide groups is 1. The first-order chi connectivity index (χ1) is 9.27. The van der Waals surface area contributed by atoms with Crippen LogP contribution < -0.4 is 4.46 Å². The van der Waals surface area contributed by atoms with Crippen LogP contribution in [-0.2, 0) is 0 Å². The molecule has 0 saturated carbocycles. The van der Waals surface area contributed by atoms with Gasteiger partial charge in [0.2, 0.25) is 0 Å². The third-order valence-electron chi connectivity index (χ3n) is 2.98.